The molecular weight excluding hydrogens is 156 g/mol. The summed E-state index contributed by atoms with van der Waals surface area (Å²) in [6.45, 7) is 0. The van der Waals surface area contributed by atoms with Crippen LogP contribution in [0, 0.1) is 0 Å². The number of anilines is 1. The van der Waals surface area contributed by atoms with Gasteiger partial charge in [0.1, 0.15) is 0 Å². The lowest BCUT2D eigenvalue weighted by molar-refractivity contribution is 0.703. The largest absolute Gasteiger partial charge is 0.399 e. The van der Waals surface area contributed by atoms with Crippen molar-refractivity contribution in [3.8, 4) is 0 Å². The Hall–Kier alpha value is -0.670. The Morgan fingerprint density at radius 3 is 2.18 bits per heavy atom. The monoisotopic (exact) mass is 168 g/mol. The second-order valence-corrected chi connectivity index (χ2v) is 3.86. The molecule has 0 amide bonds. The van der Waals surface area contributed by atoms with E-state index < -0.39 is 0 Å². The molecule has 1 rings (SSSR count). The van der Waals surface area contributed by atoms with Crippen molar-refractivity contribution in [1.82, 2.24) is 4.31 Å². The Balaban J connectivity index is 2.66. The molecule has 0 unspecified atom stereocenters. The molecule has 2 N–H and O–H groups in total. The topological polar surface area (TPSA) is 29.3 Å². The third kappa shape index (κ3) is 2.82. The van der Waals surface area contributed by atoms with Crippen molar-refractivity contribution in [2.24, 2.45) is 0 Å². The molecule has 1 aromatic carbocycles. The van der Waals surface area contributed by atoms with Crippen LogP contribution in [0.3, 0.4) is 0 Å². The predicted molar refractivity (Wildman–Crippen MR) is 50.4 cm³/mol. The maximum Gasteiger partial charge on any atom is 0.0314 e. The molecule has 0 aliphatic carbocycles. The zero-order valence-corrected chi connectivity index (χ0v) is 7.56. The maximum atomic E-state index is 5.53. The lowest BCUT2D eigenvalue weighted by atomic mass is 10.3. The fourth-order valence-electron chi connectivity index (χ4n) is 0.740. The Morgan fingerprint density at radius 2 is 1.73 bits per heavy atom. The van der Waals surface area contributed by atoms with Crippen LogP contribution in [0.4, 0.5) is 5.69 Å². The molecule has 0 spiro atoms. The van der Waals surface area contributed by atoms with Gasteiger partial charge in [-0.3, -0.25) is 4.31 Å². The van der Waals surface area contributed by atoms with E-state index in [4.69, 9.17) is 5.73 Å². The van der Waals surface area contributed by atoms with Crippen LogP contribution in [0.15, 0.2) is 29.2 Å². The van der Waals surface area contributed by atoms with E-state index in [-0.39, 0.29) is 0 Å². The van der Waals surface area contributed by atoms with Crippen LogP contribution >= 0.6 is 11.9 Å². The van der Waals surface area contributed by atoms with Crippen LogP contribution in [0.2, 0.25) is 0 Å². The molecule has 0 aliphatic heterocycles. The van der Waals surface area contributed by atoms with Gasteiger partial charge in [0.15, 0.2) is 0 Å². The molecular formula is C8H12N2S. The second kappa shape index (κ2) is 3.64. The number of rotatable bonds is 2. The molecule has 11 heavy (non-hydrogen) atoms. The molecule has 0 atom stereocenters. The smallest absolute Gasteiger partial charge is 0.0314 e. The van der Waals surface area contributed by atoms with Crippen LogP contribution in [0.25, 0.3) is 0 Å². The van der Waals surface area contributed by atoms with Crippen LogP contribution in [0.5, 0.6) is 0 Å². The van der Waals surface area contributed by atoms with Gasteiger partial charge in [-0.25, -0.2) is 0 Å². The average Bonchev–Trinajstić information content (AvgIpc) is 1.93. The van der Waals surface area contributed by atoms with Crippen molar-refractivity contribution < 1.29 is 0 Å². The molecule has 60 valence electrons. The van der Waals surface area contributed by atoms with Gasteiger partial charge in [-0.15, -0.1) is 0 Å². The molecule has 0 aliphatic rings. The van der Waals surface area contributed by atoms with Gasteiger partial charge >= 0.3 is 0 Å². The molecule has 1 aromatic rings. The number of hydrogen-bond donors (Lipinski definition) is 1. The van der Waals surface area contributed by atoms with Crippen molar-refractivity contribution in [1.29, 1.82) is 0 Å². The highest BCUT2D eigenvalue weighted by Gasteiger charge is 1.93. The first-order chi connectivity index (χ1) is 5.18. The summed E-state index contributed by atoms with van der Waals surface area (Å²) in [7, 11) is 4.03. The van der Waals surface area contributed by atoms with Crippen LogP contribution in [-0.4, -0.2) is 18.4 Å². The first-order valence-electron chi connectivity index (χ1n) is 3.39. The summed E-state index contributed by atoms with van der Waals surface area (Å²) in [4.78, 5) is 1.21. The summed E-state index contributed by atoms with van der Waals surface area (Å²) in [6.07, 6.45) is 0. The van der Waals surface area contributed by atoms with Gasteiger partial charge in [-0.2, -0.15) is 0 Å². The average molecular weight is 168 g/mol. The minimum Gasteiger partial charge on any atom is -0.399 e. The quantitative estimate of drug-likeness (QED) is 0.539. The second-order valence-electron chi connectivity index (χ2n) is 2.47. The molecule has 0 saturated carbocycles. The van der Waals surface area contributed by atoms with E-state index in [9.17, 15) is 0 Å². The summed E-state index contributed by atoms with van der Waals surface area (Å²) in [5.41, 5.74) is 6.35. The van der Waals surface area contributed by atoms with Crippen LogP contribution in [0.1, 0.15) is 0 Å². The van der Waals surface area contributed by atoms with Crippen molar-refractivity contribution in [2.45, 2.75) is 4.90 Å². The highest BCUT2D eigenvalue weighted by Crippen LogP contribution is 2.19. The molecule has 0 saturated heterocycles. The van der Waals surface area contributed by atoms with E-state index in [1.807, 2.05) is 42.7 Å². The summed E-state index contributed by atoms with van der Waals surface area (Å²) >= 11 is 1.68. The molecule has 2 nitrogen and oxygen atoms in total. The third-order valence-corrected chi connectivity index (χ3v) is 2.02. The number of nitrogens with two attached hydrogens (primary N) is 1. The fourth-order valence-corrected chi connectivity index (χ4v) is 1.42. The first kappa shape index (κ1) is 8.43. The molecule has 0 bridgehead atoms. The standard InChI is InChI=1S/C8H12N2S/c1-10(2)11-8-5-3-7(9)4-6-8/h3-6H,9H2,1-2H3. The highest BCUT2D eigenvalue weighted by atomic mass is 32.2. The summed E-state index contributed by atoms with van der Waals surface area (Å²) in [5.74, 6) is 0. The van der Waals surface area contributed by atoms with E-state index in [1.165, 1.54) is 4.90 Å². The van der Waals surface area contributed by atoms with Gasteiger partial charge in [0.25, 0.3) is 0 Å². The van der Waals surface area contributed by atoms with Gasteiger partial charge in [-0.05, 0) is 50.3 Å². The highest BCUT2D eigenvalue weighted by molar-refractivity contribution is 7.97. The van der Waals surface area contributed by atoms with E-state index in [1.54, 1.807) is 11.9 Å². The van der Waals surface area contributed by atoms with Gasteiger partial charge in [-0.1, -0.05) is 0 Å². The lowest BCUT2D eigenvalue weighted by Crippen LogP contribution is -1.98. The fraction of sp³-hybridized carbons (Fsp3) is 0.250. The number of nitrogens with zero attached hydrogens (tertiary/aromatic N) is 1. The van der Waals surface area contributed by atoms with E-state index in [2.05, 4.69) is 0 Å². The minimum absolute atomic E-state index is 0.813. The van der Waals surface area contributed by atoms with Crippen LogP contribution < -0.4 is 5.73 Å². The number of nitrogen functional groups attached to an aromatic ring is 1. The van der Waals surface area contributed by atoms with Gasteiger partial charge in [0.2, 0.25) is 0 Å². The molecule has 3 heteroatoms. The number of hydrogen-bond acceptors (Lipinski definition) is 3. The van der Waals surface area contributed by atoms with Gasteiger partial charge < -0.3 is 5.73 Å². The molecule has 0 heterocycles. The zero-order chi connectivity index (χ0) is 8.27. The SMILES string of the molecule is CN(C)Sc1ccc(N)cc1. The van der Waals surface area contributed by atoms with Crippen molar-refractivity contribution in [3.05, 3.63) is 24.3 Å². The van der Waals surface area contributed by atoms with Gasteiger partial charge in [0.05, 0.1) is 0 Å². The minimum atomic E-state index is 0.813. The third-order valence-electron chi connectivity index (χ3n) is 1.17. The first-order valence-corrected chi connectivity index (χ1v) is 4.16. The summed E-state index contributed by atoms with van der Waals surface area (Å²) in [5, 5.41) is 0. The normalized spacial score (nSPS) is 10.5. The van der Waals surface area contributed by atoms with Crippen LogP contribution in [-0.2, 0) is 0 Å². The molecule has 0 aromatic heterocycles. The Labute approximate surface area is 71.5 Å². The maximum absolute atomic E-state index is 5.53. The van der Waals surface area contributed by atoms with Crippen molar-refractivity contribution >= 4 is 17.6 Å². The molecule has 0 fully saturated rings. The van der Waals surface area contributed by atoms with E-state index in [0.29, 0.717) is 0 Å². The predicted octanol–water partition coefficient (Wildman–Crippen LogP) is 1.84. The Kier molecular flexibility index (Phi) is 2.79. The lowest BCUT2D eigenvalue weighted by Gasteiger charge is -2.07. The van der Waals surface area contributed by atoms with E-state index in [0.717, 1.165) is 5.69 Å². The number of benzene rings is 1. The zero-order valence-electron chi connectivity index (χ0n) is 6.74. The van der Waals surface area contributed by atoms with E-state index >= 15 is 0 Å². The molecule has 0 radical (unpaired) electrons. The summed E-state index contributed by atoms with van der Waals surface area (Å²) < 4.78 is 2.05. The Morgan fingerprint density at radius 1 is 1.18 bits per heavy atom. The van der Waals surface area contributed by atoms with Crippen molar-refractivity contribution in [3.63, 3.8) is 0 Å². The Bertz CT molecular complexity index is 218. The van der Waals surface area contributed by atoms with Crippen molar-refractivity contribution in [2.75, 3.05) is 19.8 Å². The summed E-state index contributed by atoms with van der Waals surface area (Å²) in [6, 6.07) is 7.84. The van der Waals surface area contributed by atoms with Gasteiger partial charge in [0, 0.05) is 10.6 Å².